The van der Waals surface area contributed by atoms with Gasteiger partial charge < -0.3 is 9.52 Å². The van der Waals surface area contributed by atoms with Crippen molar-refractivity contribution in [1.82, 2.24) is 9.55 Å². The second-order valence-corrected chi connectivity index (χ2v) is 5.19. The molecule has 22 heavy (non-hydrogen) atoms. The number of aryl methyl sites for hydroxylation is 2. The highest BCUT2D eigenvalue weighted by Crippen LogP contribution is 2.20. The van der Waals surface area contributed by atoms with Crippen molar-refractivity contribution in [3.05, 3.63) is 63.4 Å². The van der Waals surface area contributed by atoms with Gasteiger partial charge in [0.25, 0.3) is 5.56 Å². The number of carboxylic acid groups (broad SMARTS) is 1. The van der Waals surface area contributed by atoms with E-state index < -0.39 is 11.5 Å². The zero-order valence-corrected chi connectivity index (χ0v) is 12.2. The molecular formula is C16H14N2O4. The predicted molar refractivity (Wildman–Crippen MR) is 80.2 cm³/mol. The highest BCUT2D eigenvalue weighted by molar-refractivity contribution is 6.02. The van der Waals surface area contributed by atoms with E-state index in [1.165, 1.54) is 17.8 Å². The maximum Gasteiger partial charge on any atom is 0.340 e. The normalized spacial score (nSPS) is 11.0. The lowest BCUT2D eigenvalue weighted by atomic mass is 10.1. The molecule has 0 bridgehead atoms. The van der Waals surface area contributed by atoms with Crippen molar-refractivity contribution in [2.45, 2.75) is 20.4 Å². The molecule has 6 nitrogen and oxygen atoms in total. The lowest BCUT2D eigenvalue weighted by Crippen LogP contribution is -2.22. The average molecular weight is 298 g/mol. The Labute approximate surface area is 125 Å². The molecule has 0 unspecified atom stereocenters. The molecule has 0 amide bonds. The second kappa shape index (κ2) is 5.14. The molecule has 0 saturated heterocycles. The third kappa shape index (κ3) is 2.28. The number of benzene rings is 1. The van der Waals surface area contributed by atoms with Crippen molar-refractivity contribution < 1.29 is 14.3 Å². The van der Waals surface area contributed by atoms with Gasteiger partial charge in [-0.3, -0.25) is 9.36 Å². The van der Waals surface area contributed by atoms with Crippen LogP contribution in [0.15, 0.2) is 39.8 Å². The van der Waals surface area contributed by atoms with E-state index in [-0.39, 0.29) is 22.4 Å². The van der Waals surface area contributed by atoms with Crippen LogP contribution in [-0.4, -0.2) is 20.6 Å². The zero-order chi connectivity index (χ0) is 15.9. The largest absolute Gasteiger partial charge is 0.478 e. The Hall–Kier alpha value is -2.89. The van der Waals surface area contributed by atoms with Crippen LogP contribution in [0.25, 0.3) is 11.1 Å². The van der Waals surface area contributed by atoms with Gasteiger partial charge in [0.05, 0.1) is 6.54 Å². The number of carboxylic acids is 1. The summed E-state index contributed by atoms with van der Waals surface area (Å²) in [6.45, 7) is 3.80. The predicted octanol–water partition coefficient (Wildman–Crippen LogP) is 2.35. The number of carbonyl (C=O) groups is 1. The molecule has 1 aromatic carbocycles. The van der Waals surface area contributed by atoms with E-state index in [4.69, 9.17) is 4.42 Å². The lowest BCUT2D eigenvalue weighted by molar-refractivity contribution is 0.0697. The van der Waals surface area contributed by atoms with E-state index in [0.29, 0.717) is 6.54 Å². The average Bonchev–Trinajstić information content (AvgIpc) is 2.79. The molecule has 2 heterocycles. The number of aromatic nitrogens is 2. The van der Waals surface area contributed by atoms with Crippen LogP contribution in [0.5, 0.6) is 0 Å². The molecule has 0 aliphatic rings. The standard InChI is InChI=1S/C16H14N2O4/c1-9-4-3-5-11(6-9)7-18-8-17-14-13(15(18)19)12(16(20)21)10(2)22-14/h3-6,8H,7H2,1-2H3,(H,20,21). The number of furan rings is 1. The lowest BCUT2D eigenvalue weighted by Gasteiger charge is -2.06. The van der Waals surface area contributed by atoms with E-state index in [2.05, 4.69) is 4.98 Å². The summed E-state index contributed by atoms with van der Waals surface area (Å²) in [6.07, 6.45) is 1.38. The van der Waals surface area contributed by atoms with Gasteiger partial charge in [-0.25, -0.2) is 9.78 Å². The molecule has 1 N–H and O–H groups in total. The molecule has 0 fully saturated rings. The van der Waals surface area contributed by atoms with Crippen molar-refractivity contribution in [3.8, 4) is 0 Å². The third-order valence-electron chi connectivity index (χ3n) is 3.50. The third-order valence-corrected chi connectivity index (χ3v) is 3.50. The molecule has 3 rings (SSSR count). The molecule has 112 valence electrons. The van der Waals surface area contributed by atoms with Gasteiger partial charge in [0.2, 0.25) is 5.71 Å². The van der Waals surface area contributed by atoms with Crippen LogP contribution in [0, 0.1) is 13.8 Å². The number of rotatable bonds is 3. The molecule has 2 aromatic heterocycles. The molecule has 0 saturated carbocycles. The first-order valence-electron chi connectivity index (χ1n) is 6.74. The van der Waals surface area contributed by atoms with Crippen molar-refractivity contribution in [1.29, 1.82) is 0 Å². The van der Waals surface area contributed by atoms with Gasteiger partial charge in [-0.05, 0) is 19.4 Å². The van der Waals surface area contributed by atoms with Gasteiger partial charge in [-0.2, -0.15) is 0 Å². The summed E-state index contributed by atoms with van der Waals surface area (Å²) in [5.41, 5.74) is 1.55. The minimum absolute atomic E-state index is 0.0140. The van der Waals surface area contributed by atoms with E-state index in [0.717, 1.165) is 11.1 Å². The fourth-order valence-corrected chi connectivity index (χ4v) is 2.51. The first-order valence-corrected chi connectivity index (χ1v) is 6.74. The molecule has 0 spiro atoms. The number of fused-ring (bicyclic) bond motifs is 1. The summed E-state index contributed by atoms with van der Waals surface area (Å²) in [5, 5.41) is 9.27. The minimum Gasteiger partial charge on any atom is -0.478 e. The van der Waals surface area contributed by atoms with Gasteiger partial charge >= 0.3 is 5.97 Å². The molecule has 0 atom stereocenters. The zero-order valence-electron chi connectivity index (χ0n) is 12.2. The minimum atomic E-state index is -1.19. The Morgan fingerprint density at radius 1 is 1.36 bits per heavy atom. The number of nitrogens with zero attached hydrogens (tertiary/aromatic N) is 2. The van der Waals surface area contributed by atoms with Gasteiger partial charge in [-0.15, -0.1) is 0 Å². The molecule has 6 heteroatoms. The molecule has 0 radical (unpaired) electrons. The van der Waals surface area contributed by atoms with Crippen molar-refractivity contribution in [3.63, 3.8) is 0 Å². The summed E-state index contributed by atoms with van der Waals surface area (Å²) >= 11 is 0. The summed E-state index contributed by atoms with van der Waals surface area (Å²) in [7, 11) is 0. The Morgan fingerprint density at radius 3 is 2.82 bits per heavy atom. The highest BCUT2D eigenvalue weighted by Gasteiger charge is 2.22. The number of hydrogen-bond acceptors (Lipinski definition) is 4. The quantitative estimate of drug-likeness (QED) is 0.802. The van der Waals surface area contributed by atoms with E-state index in [9.17, 15) is 14.7 Å². The van der Waals surface area contributed by atoms with Gasteiger partial charge in [0.1, 0.15) is 23.0 Å². The van der Waals surface area contributed by atoms with Crippen molar-refractivity contribution >= 4 is 17.1 Å². The fourth-order valence-electron chi connectivity index (χ4n) is 2.51. The Balaban J connectivity index is 2.16. The molecule has 0 aliphatic carbocycles. The van der Waals surface area contributed by atoms with Crippen LogP contribution >= 0.6 is 0 Å². The summed E-state index contributed by atoms with van der Waals surface area (Å²) in [5.74, 6) is -1.01. The topological polar surface area (TPSA) is 85.3 Å². The number of aromatic carboxylic acids is 1. The van der Waals surface area contributed by atoms with Crippen LogP contribution < -0.4 is 5.56 Å². The Bertz CT molecular complexity index is 937. The van der Waals surface area contributed by atoms with E-state index >= 15 is 0 Å². The smallest absolute Gasteiger partial charge is 0.340 e. The fraction of sp³-hybridized carbons (Fsp3) is 0.188. The summed E-state index contributed by atoms with van der Waals surface area (Å²) < 4.78 is 6.65. The van der Waals surface area contributed by atoms with Gasteiger partial charge in [0.15, 0.2) is 0 Å². The van der Waals surface area contributed by atoms with Gasteiger partial charge in [0, 0.05) is 0 Å². The maximum absolute atomic E-state index is 12.6. The summed E-state index contributed by atoms with van der Waals surface area (Å²) in [4.78, 5) is 27.9. The maximum atomic E-state index is 12.6. The molecular weight excluding hydrogens is 284 g/mol. The van der Waals surface area contributed by atoms with Crippen molar-refractivity contribution in [2.24, 2.45) is 0 Å². The van der Waals surface area contributed by atoms with E-state index in [1.807, 2.05) is 31.2 Å². The van der Waals surface area contributed by atoms with Crippen LogP contribution in [0.3, 0.4) is 0 Å². The van der Waals surface area contributed by atoms with Crippen LogP contribution in [-0.2, 0) is 6.54 Å². The van der Waals surface area contributed by atoms with E-state index in [1.54, 1.807) is 0 Å². The summed E-state index contributed by atoms with van der Waals surface area (Å²) in [6, 6.07) is 7.75. The first-order chi connectivity index (χ1) is 10.5. The van der Waals surface area contributed by atoms with Crippen molar-refractivity contribution in [2.75, 3.05) is 0 Å². The van der Waals surface area contributed by atoms with Crippen LogP contribution in [0.2, 0.25) is 0 Å². The Kier molecular flexibility index (Phi) is 3.29. The van der Waals surface area contributed by atoms with Gasteiger partial charge in [-0.1, -0.05) is 29.8 Å². The number of hydrogen-bond donors (Lipinski definition) is 1. The Morgan fingerprint density at radius 2 is 2.14 bits per heavy atom. The first kappa shape index (κ1) is 14.1. The second-order valence-electron chi connectivity index (χ2n) is 5.19. The van der Waals surface area contributed by atoms with Crippen LogP contribution in [0.4, 0.5) is 0 Å². The highest BCUT2D eigenvalue weighted by atomic mass is 16.4. The SMILES string of the molecule is Cc1cccc(Cn2cnc3oc(C)c(C(=O)O)c3c2=O)c1. The monoisotopic (exact) mass is 298 g/mol. The van der Waals surface area contributed by atoms with Crippen LogP contribution in [0.1, 0.15) is 27.2 Å². The molecule has 3 aromatic rings. The molecule has 0 aliphatic heterocycles.